The van der Waals surface area contributed by atoms with Crippen LogP contribution in [0.5, 0.6) is 0 Å². The van der Waals surface area contributed by atoms with E-state index in [1.807, 2.05) is 27.7 Å². The van der Waals surface area contributed by atoms with E-state index in [-0.39, 0.29) is 0 Å². The summed E-state index contributed by atoms with van der Waals surface area (Å²) in [6.45, 7) is 26.5. The van der Waals surface area contributed by atoms with E-state index in [4.69, 9.17) is 10.7 Å². The lowest BCUT2D eigenvalue weighted by Gasteiger charge is -2.29. The Morgan fingerprint density at radius 3 is 2.31 bits per heavy atom. The first-order valence-electron chi connectivity index (χ1n) is 12.1. The van der Waals surface area contributed by atoms with Crippen LogP contribution in [-0.2, 0) is 19.5 Å². The monoisotopic (exact) mass is 433 g/mol. The van der Waals surface area contributed by atoms with Gasteiger partial charge in [0, 0.05) is 23.2 Å². The highest BCUT2D eigenvalue weighted by Crippen LogP contribution is 2.44. The van der Waals surface area contributed by atoms with E-state index < -0.39 is 0 Å². The molecule has 0 unspecified atom stereocenters. The van der Waals surface area contributed by atoms with Gasteiger partial charge in [0.1, 0.15) is 0 Å². The lowest BCUT2D eigenvalue weighted by Crippen LogP contribution is -2.20. The van der Waals surface area contributed by atoms with Crippen LogP contribution in [0.25, 0.3) is 16.6 Å². The van der Waals surface area contributed by atoms with Gasteiger partial charge in [0.05, 0.1) is 23.5 Å². The molecule has 32 heavy (non-hydrogen) atoms. The molecule has 0 spiro atoms. The Labute approximate surface area is 196 Å². The molecule has 3 heteroatoms. The van der Waals surface area contributed by atoms with Crippen LogP contribution < -0.4 is 5.73 Å². The molecule has 0 saturated heterocycles. The topological polar surface area (TPSA) is 42.1 Å². The number of aryl methyl sites for hydroxylation is 1. The van der Waals surface area contributed by atoms with Crippen molar-refractivity contribution < 1.29 is 0 Å². The summed E-state index contributed by atoms with van der Waals surface area (Å²) in [7, 11) is 0. The van der Waals surface area contributed by atoms with Crippen molar-refractivity contribution >= 4 is 16.6 Å². The Hall–Kier alpha value is -2.65. The number of benzene rings is 1. The number of rotatable bonds is 4. The average Bonchev–Trinajstić information content (AvgIpc) is 3.21. The fourth-order valence-corrected chi connectivity index (χ4v) is 4.36. The summed E-state index contributed by atoms with van der Waals surface area (Å²) in [4.78, 5) is 7.41. The van der Waals surface area contributed by atoms with Gasteiger partial charge in [0.25, 0.3) is 0 Å². The van der Waals surface area contributed by atoms with E-state index in [9.17, 15) is 0 Å². The third-order valence-electron chi connectivity index (χ3n) is 5.71. The minimum absolute atomic E-state index is 0.563. The van der Waals surface area contributed by atoms with Crippen LogP contribution in [-0.4, -0.2) is 9.88 Å². The van der Waals surface area contributed by atoms with Gasteiger partial charge in [-0.1, -0.05) is 60.6 Å². The molecular formula is C29H43N3. The molecule has 0 aliphatic carbocycles. The first-order chi connectivity index (χ1) is 15.6. The highest BCUT2D eigenvalue weighted by molar-refractivity contribution is 5.89. The third kappa shape index (κ3) is 5.05. The predicted octanol–water partition coefficient (Wildman–Crippen LogP) is 7.91. The van der Waals surface area contributed by atoms with E-state index >= 15 is 0 Å². The number of nitrogens with two attached hydrogens (primary N) is 1. The molecule has 2 aliphatic heterocycles. The number of hydrogen-bond donors (Lipinski definition) is 1. The maximum Gasteiger partial charge on any atom is 0.0927 e. The Morgan fingerprint density at radius 2 is 1.75 bits per heavy atom. The van der Waals surface area contributed by atoms with Crippen LogP contribution >= 0.6 is 0 Å². The Morgan fingerprint density at radius 1 is 1.09 bits per heavy atom. The molecular weight excluding hydrogens is 390 g/mol. The second kappa shape index (κ2) is 13.0. The smallest absolute Gasteiger partial charge is 0.0927 e. The standard InChI is InChI=1S/C23H27N3.2C2H6.C2H4/c1-5-7-18-14(3)10-22-23-20(13-26(22)15(18)4)17(6-2)19-11-16(12-24)8-9-21(19)25-23;3*1-2/h8-11H,4-7,12-13,24H2,1-3H3;2*1-2H3;1-2H2. The lowest BCUT2D eigenvalue weighted by molar-refractivity contribution is 0.504. The summed E-state index contributed by atoms with van der Waals surface area (Å²) in [6, 6.07) is 6.42. The molecule has 0 bridgehead atoms. The van der Waals surface area contributed by atoms with Crippen molar-refractivity contribution in [3.8, 4) is 0 Å². The van der Waals surface area contributed by atoms with Crippen molar-refractivity contribution in [2.24, 2.45) is 5.73 Å². The molecule has 0 atom stereocenters. The van der Waals surface area contributed by atoms with E-state index in [0.717, 1.165) is 48.3 Å². The minimum Gasteiger partial charge on any atom is -0.335 e. The van der Waals surface area contributed by atoms with Crippen LogP contribution in [0.1, 0.15) is 83.7 Å². The zero-order chi connectivity index (χ0) is 24.4. The van der Waals surface area contributed by atoms with Gasteiger partial charge < -0.3 is 10.6 Å². The predicted molar refractivity (Wildman–Crippen MR) is 143 cm³/mol. The van der Waals surface area contributed by atoms with E-state index in [2.05, 4.69) is 69.7 Å². The van der Waals surface area contributed by atoms with Crippen LogP contribution in [0, 0.1) is 0 Å². The Bertz CT molecular complexity index is 995. The summed E-state index contributed by atoms with van der Waals surface area (Å²) >= 11 is 0. The Balaban J connectivity index is 0.000000789. The highest BCUT2D eigenvalue weighted by Gasteiger charge is 2.33. The number of fused-ring (bicyclic) bond motifs is 4. The van der Waals surface area contributed by atoms with Gasteiger partial charge in [-0.25, -0.2) is 4.98 Å². The molecule has 4 rings (SSSR count). The molecule has 1 aromatic carbocycles. The summed E-state index contributed by atoms with van der Waals surface area (Å²) in [5, 5.41) is 1.25. The molecule has 0 fully saturated rings. The fourth-order valence-electron chi connectivity index (χ4n) is 4.36. The van der Waals surface area contributed by atoms with Crippen molar-refractivity contribution in [3.05, 3.63) is 83.2 Å². The number of hydrogen-bond acceptors (Lipinski definition) is 3. The van der Waals surface area contributed by atoms with Gasteiger partial charge in [-0.15, -0.1) is 13.2 Å². The highest BCUT2D eigenvalue weighted by atomic mass is 15.2. The largest absolute Gasteiger partial charge is 0.335 e. The van der Waals surface area contributed by atoms with Crippen molar-refractivity contribution in [2.75, 3.05) is 0 Å². The SMILES string of the molecule is C=C.C=C1C(CCC)=C(C)C=C2c3nc4ccc(CN)cc4c(CC)c3CN12.CC.CC. The van der Waals surface area contributed by atoms with E-state index in [1.54, 1.807) is 0 Å². The van der Waals surface area contributed by atoms with Crippen LogP contribution in [0.15, 0.2) is 60.9 Å². The number of pyridine rings is 1. The minimum atomic E-state index is 0.563. The first kappa shape index (κ1) is 27.4. The molecule has 3 nitrogen and oxygen atoms in total. The van der Waals surface area contributed by atoms with E-state index in [0.29, 0.717) is 6.54 Å². The van der Waals surface area contributed by atoms with Gasteiger partial charge >= 0.3 is 0 Å². The normalized spacial score (nSPS) is 13.7. The molecule has 2 N–H and O–H groups in total. The van der Waals surface area contributed by atoms with Crippen LogP contribution in [0.3, 0.4) is 0 Å². The van der Waals surface area contributed by atoms with Gasteiger partial charge in [0.2, 0.25) is 0 Å². The molecule has 3 heterocycles. The molecule has 0 saturated carbocycles. The second-order valence-electron chi connectivity index (χ2n) is 7.30. The molecule has 0 amide bonds. The summed E-state index contributed by atoms with van der Waals surface area (Å²) in [5.41, 5.74) is 17.0. The summed E-state index contributed by atoms with van der Waals surface area (Å²) in [5.74, 6) is 0. The zero-order valence-electron chi connectivity index (χ0n) is 21.4. The van der Waals surface area contributed by atoms with Gasteiger partial charge in [0.15, 0.2) is 0 Å². The summed E-state index contributed by atoms with van der Waals surface area (Å²) < 4.78 is 0. The summed E-state index contributed by atoms with van der Waals surface area (Å²) in [6.07, 6.45) is 5.52. The second-order valence-corrected chi connectivity index (χ2v) is 7.30. The van der Waals surface area contributed by atoms with Crippen molar-refractivity contribution in [3.63, 3.8) is 0 Å². The maximum absolute atomic E-state index is 5.86. The lowest BCUT2D eigenvalue weighted by atomic mass is 9.96. The van der Waals surface area contributed by atoms with Gasteiger partial charge in [-0.2, -0.15) is 0 Å². The molecule has 2 aliphatic rings. The molecule has 0 radical (unpaired) electrons. The van der Waals surface area contributed by atoms with E-state index in [1.165, 1.54) is 33.4 Å². The average molecular weight is 434 g/mol. The first-order valence-corrected chi connectivity index (χ1v) is 12.1. The van der Waals surface area contributed by atoms with Crippen molar-refractivity contribution in [2.45, 2.75) is 80.8 Å². The number of aromatic nitrogens is 1. The van der Waals surface area contributed by atoms with Crippen LogP contribution in [0.4, 0.5) is 0 Å². The fraction of sp³-hybridized carbons (Fsp3) is 0.414. The molecule has 1 aromatic heterocycles. The molecule has 174 valence electrons. The third-order valence-corrected chi connectivity index (χ3v) is 5.71. The quantitative estimate of drug-likeness (QED) is 0.498. The number of nitrogens with zero attached hydrogens (tertiary/aromatic N) is 2. The van der Waals surface area contributed by atoms with Crippen molar-refractivity contribution in [1.82, 2.24) is 9.88 Å². The maximum atomic E-state index is 5.86. The molecule has 2 aromatic rings. The van der Waals surface area contributed by atoms with Crippen LogP contribution in [0.2, 0.25) is 0 Å². The van der Waals surface area contributed by atoms with Crippen molar-refractivity contribution in [1.29, 1.82) is 0 Å². The zero-order valence-corrected chi connectivity index (χ0v) is 21.4. The number of allylic oxidation sites excluding steroid dienone is 3. The van der Waals surface area contributed by atoms with Gasteiger partial charge in [-0.05, 0) is 60.2 Å². The Kier molecular flexibility index (Phi) is 11.1. The van der Waals surface area contributed by atoms with Gasteiger partial charge in [-0.3, -0.25) is 0 Å².